The van der Waals surface area contributed by atoms with Crippen LogP contribution in [0.1, 0.15) is 11.7 Å². The van der Waals surface area contributed by atoms with E-state index in [0.717, 1.165) is 11.3 Å². The maximum atomic E-state index is 6.18. The van der Waals surface area contributed by atoms with Crippen molar-refractivity contribution in [2.45, 2.75) is 6.17 Å². The molecule has 1 aliphatic rings. The molecule has 26 heavy (non-hydrogen) atoms. The molecule has 0 fully saturated rings. The quantitative estimate of drug-likeness (QED) is 0.848. The van der Waals surface area contributed by atoms with E-state index in [9.17, 15) is 0 Å². The Morgan fingerprint density at radius 2 is 1.58 bits per heavy atom. The fraction of sp³-hybridized carbons (Fsp3) is 0.222. The number of methoxy groups -OCH3 is 3. The Bertz CT molecular complexity index is 866. The summed E-state index contributed by atoms with van der Waals surface area (Å²) >= 11 is 0. The lowest BCUT2D eigenvalue weighted by atomic mass is 10.1. The van der Waals surface area contributed by atoms with Crippen LogP contribution in [0.2, 0.25) is 0 Å². The van der Waals surface area contributed by atoms with Gasteiger partial charge >= 0.3 is 0 Å². The number of aliphatic imine (C=N–C) groups is 2. The molecule has 0 saturated heterocycles. The van der Waals surface area contributed by atoms with Gasteiger partial charge in [0, 0.05) is 5.56 Å². The van der Waals surface area contributed by atoms with Crippen molar-refractivity contribution in [3.05, 3.63) is 48.0 Å². The molecule has 3 rings (SSSR count). The highest BCUT2D eigenvalue weighted by atomic mass is 16.5. The summed E-state index contributed by atoms with van der Waals surface area (Å²) in [6.07, 6.45) is -0.524. The highest BCUT2D eigenvalue weighted by Gasteiger charge is 2.30. The number of nitrogens with two attached hydrogens (primary N) is 2. The Morgan fingerprint density at radius 1 is 0.885 bits per heavy atom. The first kappa shape index (κ1) is 17.4. The Labute approximate surface area is 151 Å². The van der Waals surface area contributed by atoms with Crippen molar-refractivity contribution in [3.63, 3.8) is 0 Å². The third kappa shape index (κ3) is 3.08. The monoisotopic (exact) mass is 355 g/mol. The third-order valence-electron chi connectivity index (χ3n) is 4.03. The summed E-state index contributed by atoms with van der Waals surface area (Å²) < 4.78 is 16.2. The molecule has 0 spiro atoms. The van der Waals surface area contributed by atoms with Crippen molar-refractivity contribution in [2.75, 3.05) is 26.2 Å². The average molecular weight is 355 g/mol. The number of ether oxygens (including phenoxy) is 3. The lowest BCUT2D eigenvalue weighted by Crippen LogP contribution is -2.44. The highest BCUT2D eigenvalue weighted by molar-refractivity contribution is 6.05. The minimum absolute atomic E-state index is 0.105. The summed E-state index contributed by atoms with van der Waals surface area (Å²) in [5.41, 5.74) is 13.6. The van der Waals surface area contributed by atoms with Gasteiger partial charge in [-0.1, -0.05) is 18.2 Å². The molecule has 0 aliphatic carbocycles. The molecule has 0 bridgehead atoms. The third-order valence-corrected chi connectivity index (χ3v) is 4.03. The normalized spacial score (nSPS) is 16.6. The molecule has 0 unspecified atom stereocenters. The molecule has 1 atom stereocenters. The van der Waals surface area contributed by atoms with Crippen LogP contribution in [0.3, 0.4) is 0 Å². The molecule has 0 amide bonds. The summed E-state index contributed by atoms with van der Waals surface area (Å²) in [4.78, 5) is 10.3. The highest BCUT2D eigenvalue weighted by Crippen LogP contribution is 2.38. The summed E-state index contributed by atoms with van der Waals surface area (Å²) in [7, 11) is 4.76. The van der Waals surface area contributed by atoms with Crippen molar-refractivity contribution >= 4 is 17.6 Å². The number of nitrogens with zero attached hydrogens (tertiary/aromatic N) is 3. The molecule has 1 heterocycles. The average Bonchev–Trinajstić information content (AvgIpc) is 2.66. The summed E-state index contributed by atoms with van der Waals surface area (Å²) in [6, 6.07) is 13.0. The lowest BCUT2D eigenvalue weighted by molar-refractivity contribution is 0.354. The second-order valence-corrected chi connectivity index (χ2v) is 5.49. The molecule has 4 N–H and O–H groups in total. The fourth-order valence-electron chi connectivity index (χ4n) is 2.83. The number of rotatable bonds is 5. The van der Waals surface area contributed by atoms with Crippen LogP contribution < -0.4 is 30.6 Å². The molecule has 1 aliphatic heterocycles. The van der Waals surface area contributed by atoms with E-state index >= 15 is 0 Å². The van der Waals surface area contributed by atoms with E-state index in [1.165, 1.54) is 0 Å². The van der Waals surface area contributed by atoms with Crippen LogP contribution in [0.5, 0.6) is 17.2 Å². The van der Waals surface area contributed by atoms with Gasteiger partial charge in [-0.2, -0.15) is 4.99 Å². The summed E-state index contributed by atoms with van der Waals surface area (Å²) in [6.45, 7) is 0. The predicted octanol–water partition coefficient (Wildman–Crippen LogP) is 1.86. The smallest absolute Gasteiger partial charge is 0.221 e. The number of para-hydroxylation sites is 2. The topological polar surface area (TPSA) is 108 Å². The number of benzene rings is 2. The van der Waals surface area contributed by atoms with Crippen LogP contribution in [0.15, 0.2) is 52.4 Å². The van der Waals surface area contributed by atoms with Gasteiger partial charge in [0.05, 0.1) is 27.0 Å². The first-order valence-electron chi connectivity index (χ1n) is 7.90. The first-order chi connectivity index (χ1) is 12.6. The minimum atomic E-state index is -0.524. The van der Waals surface area contributed by atoms with Gasteiger partial charge in [-0.15, -0.1) is 0 Å². The lowest BCUT2D eigenvalue weighted by Gasteiger charge is -2.33. The summed E-state index contributed by atoms with van der Waals surface area (Å²) in [5.74, 6) is 2.18. The van der Waals surface area contributed by atoms with E-state index < -0.39 is 6.17 Å². The van der Waals surface area contributed by atoms with E-state index in [-0.39, 0.29) is 11.9 Å². The predicted molar refractivity (Wildman–Crippen MR) is 101 cm³/mol. The molecule has 2 aromatic carbocycles. The largest absolute Gasteiger partial charge is 0.495 e. The van der Waals surface area contributed by atoms with Crippen LogP contribution in [-0.2, 0) is 0 Å². The van der Waals surface area contributed by atoms with E-state index in [1.807, 2.05) is 42.5 Å². The fourth-order valence-corrected chi connectivity index (χ4v) is 2.83. The molecular weight excluding hydrogens is 334 g/mol. The van der Waals surface area contributed by atoms with Gasteiger partial charge in [0.1, 0.15) is 5.75 Å². The van der Waals surface area contributed by atoms with E-state index in [0.29, 0.717) is 17.2 Å². The summed E-state index contributed by atoms with van der Waals surface area (Å²) in [5, 5.41) is 0. The second-order valence-electron chi connectivity index (χ2n) is 5.49. The van der Waals surface area contributed by atoms with Crippen LogP contribution in [0, 0.1) is 0 Å². The van der Waals surface area contributed by atoms with Gasteiger partial charge in [0.25, 0.3) is 0 Å². The zero-order chi connectivity index (χ0) is 18.7. The van der Waals surface area contributed by atoms with Gasteiger partial charge < -0.3 is 25.7 Å². The standard InChI is InChI=1S/C18H21N5O3/c1-24-13-7-5-4-6-12(13)23-16(21-17(19)22-18(23)20)11-8-9-14(25-2)15(10-11)26-3/h4-10,16H,1-3H3,(H4,19,20,21,22)/t16-/m0/s1. The van der Waals surface area contributed by atoms with Gasteiger partial charge in [-0.3, -0.25) is 4.90 Å². The Hall–Kier alpha value is -3.42. The molecule has 8 nitrogen and oxygen atoms in total. The van der Waals surface area contributed by atoms with Crippen molar-refractivity contribution in [3.8, 4) is 17.2 Å². The molecule has 0 saturated carbocycles. The van der Waals surface area contributed by atoms with Crippen LogP contribution in [0.4, 0.5) is 5.69 Å². The van der Waals surface area contributed by atoms with Crippen LogP contribution in [0.25, 0.3) is 0 Å². The van der Waals surface area contributed by atoms with Crippen molar-refractivity contribution in [1.29, 1.82) is 0 Å². The number of anilines is 1. The SMILES string of the molecule is COc1ccc([C@H]2N=C(N)N=C(N)N2c2ccccc2OC)cc1OC. The molecule has 0 radical (unpaired) electrons. The van der Waals surface area contributed by atoms with Gasteiger partial charge in [0.2, 0.25) is 11.9 Å². The van der Waals surface area contributed by atoms with Crippen molar-refractivity contribution in [1.82, 2.24) is 0 Å². The molecule has 136 valence electrons. The van der Waals surface area contributed by atoms with E-state index in [4.69, 9.17) is 25.7 Å². The molecular formula is C18H21N5O3. The van der Waals surface area contributed by atoms with E-state index in [2.05, 4.69) is 9.98 Å². The van der Waals surface area contributed by atoms with Crippen LogP contribution in [-0.4, -0.2) is 33.2 Å². The molecule has 0 aromatic heterocycles. The Kier molecular flexibility index (Phi) is 4.83. The van der Waals surface area contributed by atoms with Gasteiger partial charge in [0.15, 0.2) is 17.7 Å². The van der Waals surface area contributed by atoms with Crippen molar-refractivity contribution < 1.29 is 14.2 Å². The van der Waals surface area contributed by atoms with Gasteiger partial charge in [-0.25, -0.2) is 4.99 Å². The molecule has 8 heteroatoms. The zero-order valence-electron chi connectivity index (χ0n) is 14.8. The van der Waals surface area contributed by atoms with Crippen molar-refractivity contribution in [2.24, 2.45) is 21.5 Å². The zero-order valence-corrected chi connectivity index (χ0v) is 14.8. The minimum Gasteiger partial charge on any atom is -0.495 e. The maximum Gasteiger partial charge on any atom is 0.221 e. The second kappa shape index (κ2) is 7.22. The Balaban J connectivity index is 2.12. The Morgan fingerprint density at radius 3 is 2.27 bits per heavy atom. The number of guanidine groups is 2. The number of hydrogen-bond donors (Lipinski definition) is 2. The number of hydrogen-bond acceptors (Lipinski definition) is 8. The van der Waals surface area contributed by atoms with E-state index in [1.54, 1.807) is 26.2 Å². The maximum absolute atomic E-state index is 6.18. The molecule has 2 aromatic rings. The van der Waals surface area contributed by atoms with Crippen LogP contribution >= 0.6 is 0 Å². The first-order valence-corrected chi connectivity index (χ1v) is 7.90. The van der Waals surface area contributed by atoms with Gasteiger partial charge in [-0.05, 0) is 24.3 Å².